The highest BCUT2D eigenvalue weighted by molar-refractivity contribution is 9.10. The lowest BCUT2D eigenvalue weighted by Gasteiger charge is -2.52. The molecule has 1 heteroatoms. The average Bonchev–Trinajstić information content (AvgIpc) is 1.84. The molecule has 64 valence electrons. The van der Waals surface area contributed by atoms with Crippen molar-refractivity contribution >= 4 is 15.9 Å². The second-order valence-corrected chi connectivity index (χ2v) is 6.77. The average molecular weight is 217 g/mol. The molecule has 0 N–H and O–H groups in total. The number of alkyl halides is 1. The molecule has 0 spiro atoms. The third kappa shape index (κ3) is 1.26. The lowest BCUT2D eigenvalue weighted by molar-refractivity contribution is 0.0519. The molecule has 0 aromatic carbocycles. The first-order valence-electron chi connectivity index (χ1n) is 4.71. The third-order valence-electron chi connectivity index (χ3n) is 3.76. The topological polar surface area (TPSA) is 0 Å². The second kappa shape index (κ2) is 2.25. The molecule has 0 radical (unpaired) electrons. The molecule has 3 aliphatic rings. The summed E-state index contributed by atoms with van der Waals surface area (Å²) in [6.45, 7) is 4.87. The maximum Gasteiger partial charge on any atom is 0.0263 e. The van der Waals surface area contributed by atoms with Crippen LogP contribution in [0.5, 0.6) is 0 Å². The Bertz CT molecular complexity index is 161. The molecule has 0 atom stereocenters. The molecule has 3 saturated carbocycles. The summed E-state index contributed by atoms with van der Waals surface area (Å²) in [5.74, 6) is 1.02. The maximum atomic E-state index is 3.91. The largest absolute Gasteiger partial charge is 0.0853 e. The van der Waals surface area contributed by atoms with E-state index in [0.717, 1.165) is 5.92 Å². The summed E-state index contributed by atoms with van der Waals surface area (Å²) >= 11 is 3.91. The summed E-state index contributed by atoms with van der Waals surface area (Å²) in [5.41, 5.74) is 0.611. The lowest BCUT2D eigenvalue weighted by Crippen LogP contribution is -2.45. The molecule has 3 rings (SSSR count). The molecule has 0 aromatic rings. The van der Waals surface area contributed by atoms with Gasteiger partial charge >= 0.3 is 0 Å². The minimum absolute atomic E-state index is 0.533. The zero-order chi connectivity index (χ0) is 8.11. The Hall–Kier alpha value is 0.480. The van der Waals surface area contributed by atoms with Crippen molar-refractivity contribution in [3.05, 3.63) is 0 Å². The fourth-order valence-corrected chi connectivity index (χ4v) is 4.23. The molecule has 0 saturated heterocycles. The van der Waals surface area contributed by atoms with Crippen LogP contribution in [-0.2, 0) is 0 Å². The first kappa shape index (κ1) is 8.10. The van der Waals surface area contributed by atoms with E-state index in [9.17, 15) is 0 Å². The van der Waals surface area contributed by atoms with Crippen LogP contribution in [0.4, 0.5) is 0 Å². The van der Waals surface area contributed by atoms with Gasteiger partial charge in [-0.1, -0.05) is 29.8 Å². The van der Waals surface area contributed by atoms with Crippen LogP contribution in [0.15, 0.2) is 0 Å². The van der Waals surface area contributed by atoms with Crippen molar-refractivity contribution in [2.75, 3.05) is 0 Å². The van der Waals surface area contributed by atoms with Gasteiger partial charge in [0.25, 0.3) is 0 Å². The number of hydrogen-bond donors (Lipinski definition) is 0. The van der Waals surface area contributed by atoms with Crippen LogP contribution in [0.3, 0.4) is 0 Å². The van der Waals surface area contributed by atoms with Gasteiger partial charge in [0.2, 0.25) is 0 Å². The number of rotatable bonds is 0. The van der Waals surface area contributed by atoms with Gasteiger partial charge < -0.3 is 0 Å². The van der Waals surface area contributed by atoms with Crippen LogP contribution in [0, 0.1) is 11.3 Å². The van der Waals surface area contributed by atoms with Crippen molar-refractivity contribution < 1.29 is 0 Å². The highest BCUT2D eigenvalue weighted by Crippen LogP contribution is 2.57. The van der Waals surface area contributed by atoms with E-state index in [-0.39, 0.29) is 0 Å². The molecule has 3 aliphatic carbocycles. The van der Waals surface area contributed by atoms with Crippen LogP contribution in [0.2, 0.25) is 0 Å². The van der Waals surface area contributed by atoms with Gasteiger partial charge in [0, 0.05) is 4.32 Å². The smallest absolute Gasteiger partial charge is 0.0263 e. The molecule has 0 amide bonds. The highest BCUT2D eigenvalue weighted by Gasteiger charge is 2.48. The molecule has 11 heavy (non-hydrogen) atoms. The van der Waals surface area contributed by atoms with Crippen LogP contribution in [0.25, 0.3) is 0 Å². The fourth-order valence-electron chi connectivity index (χ4n) is 3.05. The fraction of sp³-hybridized carbons (Fsp3) is 1.00. The first-order valence-corrected chi connectivity index (χ1v) is 5.50. The normalized spacial score (nSPS) is 47.7. The zero-order valence-electron chi connectivity index (χ0n) is 7.49. The van der Waals surface area contributed by atoms with E-state index < -0.39 is 0 Å². The van der Waals surface area contributed by atoms with Crippen molar-refractivity contribution in [1.29, 1.82) is 0 Å². The van der Waals surface area contributed by atoms with Crippen molar-refractivity contribution in [3.8, 4) is 0 Å². The van der Waals surface area contributed by atoms with E-state index in [1.807, 2.05) is 0 Å². The summed E-state index contributed by atoms with van der Waals surface area (Å²) in [4.78, 5) is 0. The van der Waals surface area contributed by atoms with Gasteiger partial charge in [-0.05, 0) is 43.4 Å². The maximum absolute atomic E-state index is 3.91. The molecular weight excluding hydrogens is 200 g/mol. The van der Waals surface area contributed by atoms with E-state index in [0.29, 0.717) is 9.74 Å². The monoisotopic (exact) mass is 216 g/mol. The Morgan fingerprint density at radius 3 is 2.00 bits per heavy atom. The number of halogens is 1. The Morgan fingerprint density at radius 2 is 1.73 bits per heavy atom. The predicted octanol–water partition coefficient (Wildman–Crippen LogP) is 3.74. The van der Waals surface area contributed by atoms with E-state index in [2.05, 4.69) is 29.8 Å². The third-order valence-corrected chi connectivity index (χ3v) is 4.83. The molecule has 0 unspecified atom stereocenters. The summed E-state index contributed by atoms with van der Waals surface area (Å²) in [6, 6.07) is 0. The Balaban J connectivity index is 2.22. The summed E-state index contributed by atoms with van der Waals surface area (Å²) in [6.07, 6.45) is 7.14. The minimum atomic E-state index is 0.533. The molecule has 3 fully saturated rings. The Labute approximate surface area is 77.9 Å². The van der Waals surface area contributed by atoms with Crippen molar-refractivity contribution in [1.82, 2.24) is 0 Å². The van der Waals surface area contributed by atoms with Crippen molar-refractivity contribution in [2.45, 2.75) is 50.3 Å². The van der Waals surface area contributed by atoms with Crippen LogP contribution >= 0.6 is 15.9 Å². The second-order valence-electron chi connectivity index (χ2n) is 5.09. The molecule has 0 aromatic heterocycles. The van der Waals surface area contributed by atoms with Crippen LogP contribution < -0.4 is 0 Å². The quantitative estimate of drug-likeness (QED) is 0.542. The molecule has 0 heterocycles. The first-order chi connectivity index (χ1) is 5.02. The summed E-state index contributed by atoms with van der Waals surface area (Å²) in [7, 11) is 0. The lowest BCUT2D eigenvalue weighted by atomic mass is 9.57. The minimum Gasteiger partial charge on any atom is -0.0853 e. The van der Waals surface area contributed by atoms with Gasteiger partial charge in [-0.15, -0.1) is 0 Å². The highest BCUT2D eigenvalue weighted by atomic mass is 79.9. The Morgan fingerprint density at radius 1 is 1.18 bits per heavy atom. The summed E-state index contributed by atoms with van der Waals surface area (Å²) < 4.78 is 0.533. The molecular formula is C10H17Br. The van der Waals surface area contributed by atoms with Crippen LogP contribution in [0.1, 0.15) is 46.0 Å². The standard InChI is InChI=1S/C10H17Br/c1-9(2)7-10(11)5-3-8(9)4-6-10/h8H,3-7H2,1-2H3. The van der Waals surface area contributed by atoms with Crippen LogP contribution in [-0.4, -0.2) is 4.32 Å². The van der Waals surface area contributed by atoms with E-state index in [4.69, 9.17) is 0 Å². The van der Waals surface area contributed by atoms with Crippen molar-refractivity contribution in [3.63, 3.8) is 0 Å². The molecule has 0 aliphatic heterocycles. The van der Waals surface area contributed by atoms with E-state index >= 15 is 0 Å². The summed E-state index contributed by atoms with van der Waals surface area (Å²) in [5, 5.41) is 0. The number of fused-ring (bicyclic) bond motifs is 3. The van der Waals surface area contributed by atoms with Crippen molar-refractivity contribution in [2.24, 2.45) is 11.3 Å². The van der Waals surface area contributed by atoms with Gasteiger partial charge in [0.05, 0.1) is 0 Å². The van der Waals surface area contributed by atoms with Gasteiger partial charge in [-0.25, -0.2) is 0 Å². The zero-order valence-corrected chi connectivity index (χ0v) is 9.08. The Kier molecular flexibility index (Phi) is 1.65. The predicted molar refractivity (Wildman–Crippen MR) is 52.0 cm³/mol. The SMILES string of the molecule is CC1(C)CC2(Br)CCC1CC2. The molecule has 0 nitrogen and oxygen atoms in total. The number of hydrogen-bond acceptors (Lipinski definition) is 0. The van der Waals surface area contributed by atoms with Gasteiger partial charge in [0.15, 0.2) is 0 Å². The van der Waals surface area contributed by atoms with Gasteiger partial charge in [-0.2, -0.15) is 0 Å². The van der Waals surface area contributed by atoms with E-state index in [1.54, 1.807) is 0 Å². The van der Waals surface area contributed by atoms with E-state index in [1.165, 1.54) is 32.1 Å². The van der Waals surface area contributed by atoms with Gasteiger partial charge in [-0.3, -0.25) is 0 Å². The molecule has 2 bridgehead atoms. The van der Waals surface area contributed by atoms with Gasteiger partial charge in [0.1, 0.15) is 0 Å².